The van der Waals surface area contributed by atoms with E-state index in [0.29, 0.717) is 18.2 Å². The molecule has 5 nitrogen and oxygen atoms in total. The molecule has 0 bridgehead atoms. The van der Waals surface area contributed by atoms with Gasteiger partial charge in [0.15, 0.2) is 5.78 Å². The van der Waals surface area contributed by atoms with E-state index in [-0.39, 0.29) is 24.5 Å². The van der Waals surface area contributed by atoms with E-state index in [4.69, 9.17) is 0 Å². The number of Topliss-reactive ketones (excluding diaryl/α,β-unsaturated/α-hetero) is 1. The third-order valence-corrected chi connectivity index (χ3v) is 4.60. The lowest BCUT2D eigenvalue weighted by molar-refractivity contribution is -0.121. The molecule has 1 aromatic heterocycles. The van der Waals surface area contributed by atoms with Gasteiger partial charge < -0.3 is 5.32 Å². The fourth-order valence-electron chi connectivity index (χ4n) is 2.85. The van der Waals surface area contributed by atoms with Crippen LogP contribution in [-0.2, 0) is 4.79 Å². The van der Waals surface area contributed by atoms with Gasteiger partial charge in [-0.25, -0.2) is 0 Å². The number of pyridine rings is 1. The molecule has 1 saturated heterocycles. The van der Waals surface area contributed by atoms with Crippen LogP contribution >= 0.6 is 0 Å². The highest BCUT2D eigenvalue weighted by molar-refractivity contribution is 5.97. The van der Waals surface area contributed by atoms with Crippen LogP contribution in [0.4, 0.5) is 0 Å². The first-order valence-electron chi connectivity index (χ1n) is 8.50. The van der Waals surface area contributed by atoms with Gasteiger partial charge in [0, 0.05) is 43.4 Å². The molecule has 0 saturated carbocycles. The van der Waals surface area contributed by atoms with Gasteiger partial charge in [-0.1, -0.05) is 6.92 Å². The normalized spacial score (nSPS) is 17.7. The molecule has 1 N–H and O–H groups in total. The van der Waals surface area contributed by atoms with E-state index in [1.54, 1.807) is 24.5 Å². The van der Waals surface area contributed by atoms with Crippen molar-refractivity contribution in [3.8, 4) is 0 Å². The summed E-state index contributed by atoms with van der Waals surface area (Å²) in [4.78, 5) is 30.2. The van der Waals surface area contributed by atoms with Crippen LogP contribution in [0.1, 0.15) is 49.9 Å². The van der Waals surface area contributed by atoms with Crippen molar-refractivity contribution in [2.75, 3.05) is 19.6 Å². The SMILES string of the molecule is CC1CCN(C(C)CNC(=O)CCC(=O)c2cccnc2)CC1. The second kappa shape index (κ2) is 8.77. The van der Waals surface area contributed by atoms with Gasteiger partial charge in [0.1, 0.15) is 0 Å². The van der Waals surface area contributed by atoms with Gasteiger partial charge in [0.05, 0.1) is 0 Å². The summed E-state index contributed by atoms with van der Waals surface area (Å²) in [6.07, 6.45) is 6.10. The Labute approximate surface area is 138 Å². The van der Waals surface area contributed by atoms with Crippen LogP contribution in [0.25, 0.3) is 0 Å². The molecule has 1 fully saturated rings. The number of nitrogens with zero attached hydrogens (tertiary/aromatic N) is 2. The Bertz CT molecular complexity index is 510. The summed E-state index contributed by atoms with van der Waals surface area (Å²) in [7, 11) is 0. The lowest BCUT2D eigenvalue weighted by Crippen LogP contribution is -2.45. The number of amides is 1. The number of piperidine rings is 1. The highest BCUT2D eigenvalue weighted by Crippen LogP contribution is 2.17. The summed E-state index contributed by atoms with van der Waals surface area (Å²) in [6.45, 7) is 7.31. The number of hydrogen-bond donors (Lipinski definition) is 1. The molecule has 1 unspecified atom stereocenters. The molecule has 0 aromatic carbocycles. The maximum Gasteiger partial charge on any atom is 0.220 e. The maximum absolute atomic E-state index is 11.9. The summed E-state index contributed by atoms with van der Waals surface area (Å²) in [5.41, 5.74) is 0.566. The Morgan fingerprint density at radius 3 is 2.74 bits per heavy atom. The van der Waals surface area contributed by atoms with Gasteiger partial charge >= 0.3 is 0 Å². The molecule has 1 atom stereocenters. The van der Waals surface area contributed by atoms with Crippen LogP contribution in [0, 0.1) is 5.92 Å². The topological polar surface area (TPSA) is 62.3 Å². The van der Waals surface area contributed by atoms with Gasteiger partial charge in [-0.2, -0.15) is 0 Å². The van der Waals surface area contributed by atoms with Crippen LogP contribution < -0.4 is 5.32 Å². The second-order valence-electron chi connectivity index (χ2n) is 6.54. The molecule has 0 radical (unpaired) electrons. The first-order valence-corrected chi connectivity index (χ1v) is 8.50. The number of aromatic nitrogens is 1. The molecule has 1 aliphatic heterocycles. The zero-order valence-electron chi connectivity index (χ0n) is 14.1. The molecule has 1 aromatic rings. The van der Waals surface area contributed by atoms with E-state index in [0.717, 1.165) is 19.0 Å². The Kier molecular flexibility index (Phi) is 6.71. The predicted molar refractivity (Wildman–Crippen MR) is 90.2 cm³/mol. The van der Waals surface area contributed by atoms with E-state index >= 15 is 0 Å². The van der Waals surface area contributed by atoms with Crippen LogP contribution in [0.3, 0.4) is 0 Å². The average molecular weight is 317 g/mol. The summed E-state index contributed by atoms with van der Waals surface area (Å²) in [5.74, 6) is 0.720. The van der Waals surface area contributed by atoms with Crippen molar-refractivity contribution in [3.05, 3.63) is 30.1 Å². The Morgan fingerprint density at radius 2 is 2.09 bits per heavy atom. The average Bonchev–Trinajstić information content (AvgIpc) is 2.59. The molecule has 126 valence electrons. The van der Waals surface area contributed by atoms with E-state index in [9.17, 15) is 9.59 Å². The minimum Gasteiger partial charge on any atom is -0.355 e. The van der Waals surface area contributed by atoms with Crippen molar-refractivity contribution in [3.63, 3.8) is 0 Å². The fraction of sp³-hybridized carbons (Fsp3) is 0.611. The number of ketones is 1. The van der Waals surface area contributed by atoms with Gasteiger partial charge in [0.25, 0.3) is 0 Å². The third-order valence-electron chi connectivity index (χ3n) is 4.60. The predicted octanol–water partition coefficient (Wildman–Crippen LogP) is 2.28. The Hall–Kier alpha value is -1.75. The zero-order valence-corrected chi connectivity index (χ0v) is 14.1. The molecule has 0 spiro atoms. The lowest BCUT2D eigenvalue weighted by atomic mass is 9.98. The highest BCUT2D eigenvalue weighted by Gasteiger charge is 2.20. The monoisotopic (exact) mass is 317 g/mol. The molecule has 23 heavy (non-hydrogen) atoms. The number of nitrogens with one attached hydrogen (secondary N) is 1. The highest BCUT2D eigenvalue weighted by atomic mass is 16.2. The second-order valence-corrected chi connectivity index (χ2v) is 6.54. The van der Waals surface area contributed by atoms with Crippen LogP contribution in [-0.4, -0.2) is 47.3 Å². The minimum atomic E-state index is -0.0560. The standard InChI is InChI=1S/C18H27N3O2/c1-14-7-10-21(11-8-14)15(2)12-20-18(23)6-5-17(22)16-4-3-9-19-13-16/h3-4,9,13-15H,5-8,10-12H2,1-2H3,(H,20,23). The molecule has 2 heterocycles. The quantitative estimate of drug-likeness (QED) is 0.784. The zero-order chi connectivity index (χ0) is 16.7. The van der Waals surface area contributed by atoms with Crippen molar-refractivity contribution in [1.29, 1.82) is 0 Å². The summed E-state index contributed by atoms with van der Waals surface area (Å²) in [5, 5.41) is 2.95. The van der Waals surface area contributed by atoms with Crippen LogP contribution in [0.15, 0.2) is 24.5 Å². The first-order chi connectivity index (χ1) is 11.1. The van der Waals surface area contributed by atoms with Crippen LogP contribution in [0.5, 0.6) is 0 Å². The first kappa shape index (κ1) is 17.6. The lowest BCUT2D eigenvalue weighted by Gasteiger charge is -2.35. The summed E-state index contributed by atoms with van der Waals surface area (Å²) < 4.78 is 0. The number of likely N-dealkylation sites (tertiary alicyclic amines) is 1. The summed E-state index contributed by atoms with van der Waals surface area (Å²) >= 11 is 0. The Morgan fingerprint density at radius 1 is 1.35 bits per heavy atom. The van der Waals surface area contributed by atoms with Crippen molar-refractivity contribution < 1.29 is 9.59 Å². The van der Waals surface area contributed by atoms with E-state index < -0.39 is 0 Å². The van der Waals surface area contributed by atoms with Crippen LogP contribution in [0.2, 0.25) is 0 Å². The maximum atomic E-state index is 11.9. The molecule has 1 aliphatic rings. The molecular formula is C18H27N3O2. The molecule has 1 amide bonds. The van der Waals surface area contributed by atoms with E-state index in [1.807, 2.05) is 0 Å². The Balaban J connectivity index is 1.66. The molecule has 2 rings (SSSR count). The number of carbonyl (C=O) groups is 2. The van der Waals surface area contributed by atoms with Crippen molar-refractivity contribution in [2.24, 2.45) is 5.92 Å². The van der Waals surface area contributed by atoms with Gasteiger partial charge in [-0.05, 0) is 50.9 Å². The molecular weight excluding hydrogens is 290 g/mol. The number of carbonyl (C=O) groups excluding carboxylic acids is 2. The minimum absolute atomic E-state index is 0.0358. The fourth-order valence-corrected chi connectivity index (χ4v) is 2.85. The van der Waals surface area contributed by atoms with E-state index in [2.05, 4.69) is 29.0 Å². The van der Waals surface area contributed by atoms with Gasteiger partial charge in [-0.3, -0.25) is 19.5 Å². The smallest absolute Gasteiger partial charge is 0.220 e. The molecule has 0 aliphatic carbocycles. The number of hydrogen-bond acceptors (Lipinski definition) is 4. The largest absolute Gasteiger partial charge is 0.355 e. The van der Waals surface area contributed by atoms with Gasteiger partial charge in [0.2, 0.25) is 5.91 Å². The summed E-state index contributed by atoms with van der Waals surface area (Å²) in [6, 6.07) is 3.81. The molecule has 5 heteroatoms. The van der Waals surface area contributed by atoms with Crippen molar-refractivity contribution in [2.45, 2.75) is 45.6 Å². The third kappa shape index (κ3) is 5.75. The van der Waals surface area contributed by atoms with Crippen molar-refractivity contribution in [1.82, 2.24) is 15.2 Å². The van der Waals surface area contributed by atoms with Crippen molar-refractivity contribution >= 4 is 11.7 Å². The van der Waals surface area contributed by atoms with Gasteiger partial charge in [-0.15, -0.1) is 0 Å². The number of rotatable bonds is 7. The van der Waals surface area contributed by atoms with E-state index in [1.165, 1.54) is 12.8 Å².